The van der Waals surface area contributed by atoms with Crippen molar-refractivity contribution in [2.24, 2.45) is 0 Å². The molecule has 1 aliphatic rings. The average molecular weight is 421 g/mol. The van der Waals surface area contributed by atoms with Crippen LogP contribution >= 0.6 is 0 Å². The zero-order chi connectivity index (χ0) is 22.4. The maximum atomic E-state index is 12.6. The first-order valence-electron chi connectivity index (χ1n) is 10.2. The van der Waals surface area contributed by atoms with Crippen molar-refractivity contribution >= 4 is 17.8 Å². The van der Waals surface area contributed by atoms with E-state index in [0.717, 1.165) is 5.56 Å². The zero-order valence-corrected chi connectivity index (χ0v) is 18.4. The molecule has 166 valence electrons. The highest BCUT2D eigenvalue weighted by Gasteiger charge is 2.23. The number of phenolic OH excluding ortho intramolecular Hbond substituents is 1. The van der Waals surface area contributed by atoms with E-state index in [1.165, 1.54) is 11.9 Å². The van der Waals surface area contributed by atoms with Crippen molar-refractivity contribution in [3.63, 3.8) is 0 Å². The lowest BCUT2D eigenvalue weighted by Gasteiger charge is -2.28. The molecule has 1 N–H and O–H groups in total. The summed E-state index contributed by atoms with van der Waals surface area (Å²) in [5.74, 6) is -1.37. The van der Waals surface area contributed by atoms with Gasteiger partial charge in [0.1, 0.15) is 11.3 Å². The normalized spacial score (nSPS) is 14.2. The second-order valence-corrected chi connectivity index (χ2v) is 8.13. The highest BCUT2D eigenvalue weighted by atomic mass is 16.5. The molecular weight excluding hydrogens is 388 g/mol. The maximum absolute atomic E-state index is 12.6. The third-order valence-electron chi connectivity index (χ3n) is 5.16. The fourth-order valence-corrected chi connectivity index (χ4v) is 3.13. The molecule has 0 bridgehead atoms. The highest BCUT2D eigenvalue weighted by Crippen LogP contribution is 2.33. The van der Waals surface area contributed by atoms with E-state index in [1.807, 2.05) is 33.8 Å². The molecule has 0 radical (unpaired) electrons. The van der Waals surface area contributed by atoms with E-state index in [4.69, 9.17) is 9.47 Å². The van der Waals surface area contributed by atoms with Gasteiger partial charge in [-0.2, -0.15) is 0 Å². The molecule has 1 aromatic rings. The molecule has 1 fully saturated rings. The summed E-state index contributed by atoms with van der Waals surface area (Å²) in [5.41, 5.74) is 1.61. The number of hydrogen-bond donors (Lipinski definition) is 1. The van der Waals surface area contributed by atoms with Crippen LogP contribution in [-0.2, 0) is 19.1 Å². The summed E-state index contributed by atoms with van der Waals surface area (Å²) in [6, 6.07) is 3.49. The number of phenols is 1. The summed E-state index contributed by atoms with van der Waals surface area (Å²) in [6.07, 6.45) is 0. The van der Waals surface area contributed by atoms with E-state index < -0.39 is 18.5 Å². The molecule has 1 saturated heterocycles. The minimum absolute atomic E-state index is 0.0224. The predicted octanol–water partition coefficient (Wildman–Crippen LogP) is 2.11. The molecule has 8 nitrogen and oxygen atoms in total. The topological polar surface area (TPSA) is 96.4 Å². The van der Waals surface area contributed by atoms with Crippen molar-refractivity contribution in [2.75, 3.05) is 46.5 Å². The van der Waals surface area contributed by atoms with Crippen LogP contribution in [0.5, 0.6) is 5.75 Å². The van der Waals surface area contributed by atoms with Gasteiger partial charge in [0, 0.05) is 20.1 Å². The Labute approximate surface area is 177 Å². The Kier molecular flexibility index (Phi) is 8.23. The first kappa shape index (κ1) is 23.7. The largest absolute Gasteiger partial charge is 0.507 e. The van der Waals surface area contributed by atoms with Gasteiger partial charge in [-0.15, -0.1) is 0 Å². The number of likely N-dealkylation sites (N-methyl/N-ethyl adjacent to an activating group) is 1. The van der Waals surface area contributed by atoms with E-state index in [0.29, 0.717) is 31.9 Å². The first-order valence-corrected chi connectivity index (χ1v) is 10.2. The number of esters is 1. The second kappa shape index (κ2) is 10.4. The lowest BCUT2D eigenvalue weighted by atomic mass is 9.92. The monoisotopic (exact) mass is 420 g/mol. The Hall–Kier alpha value is -2.61. The van der Waals surface area contributed by atoms with Gasteiger partial charge in [0.05, 0.1) is 19.8 Å². The SMILES string of the molecule is CC(C)c1cc(C(=O)OCC(=O)N(C)CC(=O)N2CCOCC2)c(O)c(C(C)C)c1. The van der Waals surface area contributed by atoms with Gasteiger partial charge in [0.15, 0.2) is 6.61 Å². The summed E-state index contributed by atoms with van der Waals surface area (Å²) >= 11 is 0. The van der Waals surface area contributed by atoms with Crippen LogP contribution in [0.4, 0.5) is 0 Å². The summed E-state index contributed by atoms with van der Waals surface area (Å²) in [7, 11) is 1.49. The molecule has 1 aliphatic heterocycles. The van der Waals surface area contributed by atoms with Crippen LogP contribution in [0.3, 0.4) is 0 Å². The number of morpholine rings is 1. The number of aromatic hydroxyl groups is 1. The third-order valence-corrected chi connectivity index (χ3v) is 5.16. The smallest absolute Gasteiger partial charge is 0.342 e. The maximum Gasteiger partial charge on any atom is 0.342 e. The van der Waals surface area contributed by atoms with Crippen molar-refractivity contribution in [3.05, 3.63) is 28.8 Å². The summed E-state index contributed by atoms with van der Waals surface area (Å²) in [4.78, 5) is 40.0. The minimum Gasteiger partial charge on any atom is -0.507 e. The lowest BCUT2D eigenvalue weighted by molar-refractivity contribution is -0.143. The summed E-state index contributed by atoms with van der Waals surface area (Å²) in [6.45, 7) is 9.22. The third kappa shape index (κ3) is 5.95. The van der Waals surface area contributed by atoms with E-state index in [9.17, 15) is 19.5 Å². The number of carbonyl (C=O) groups excluding carboxylic acids is 3. The minimum atomic E-state index is -0.766. The number of amides is 2. The van der Waals surface area contributed by atoms with Gasteiger partial charge >= 0.3 is 5.97 Å². The molecule has 30 heavy (non-hydrogen) atoms. The van der Waals surface area contributed by atoms with Crippen LogP contribution in [-0.4, -0.2) is 79.2 Å². The van der Waals surface area contributed by atoms with Crippen LogP contribution in [0.25, 0.3) is 0 Å². The van der Waals surface area contributed by atoms with Crippen LogP contribution in [0.1, 0.15) is 61.0 Å². The van der Waals surface area contributed by atoms with E-state index in [1.54, 1.807) is 11.0 Å². The Balaban J connectivity index is 2.00. The lowest BCUT2D eigenvalue weighted by Crippen LogP contribution is -2.46. The number of benzene rings is 1. The molecule has 2 amide bonds. The van der Waals surface area contributed by atoms with Crippen molar-refractivity contribution < 1.29 is 29.0 Å². The number of hydrogen-bond acceptors (Lipinski definition) is 6. The molecule has 2 rings (SSSR count). The number of rotatable bonds is 7. The van der Waals surface area contributed by atoms with Crippen LogP contribution in [0.15, 0.2) is 12.1 Å². The molecule has 0 unspecified atom stereocenters. The average Bonchev–Trinajstić information content (AvgIpc) is 2.71. The molecule has 0 spiro atoms. The number of ether oxygens (including phenoxy) is 2. The van der Waals surface area contributed by atoms with E-state index in [-0.39, 0.29) is 35.6 Å². The van der Waals surface area contributed by atoms with E-state index in [2.05, 4.69) is 0 Å². The predicted molar refractivity (Wildman–Crippen MR) is 112 cm³/mol. The second-order valence-electron chi connectivity index (χ2n) is 8.13. The zero-order valence-electron chi connectivity index (χ0n) is 18.4. The van der Waals surface area contributed by atoms with Crippen LogP contribution < -0.4 is 0 Å². The van der Waals surface area contributed by atoms with E-state index >= 15 is 0 Å². The molecule has 1 aromatic carbocycles. The standard InChI is InChI=1S/C22H32N2O6/c1-14(2)16-10-17(15(3)4)21(27)18(11-16)22(28)30-13-20(26)23(5)12-19(25)24-6-8-29-9-7-24/h10-11,14-15,27H,6-9,12-13H2,1-5H3. The van der Waals surface area contributed by atoms with Gasteiger partial charge in [0.25, 0.3) is 5.91 Å². The Bertz CT molecular complexity index is 784. The Morgan fingerprint density at radius 3 is 2.33 bits per heavy atom. The quantitative estimate of drug-likeness (QED) is 0.679. The Morgan fingerprint density at radius 2 is 1.77 bits per heavy atom. The number of carbonyl (C=O) groups is 3. The first-order chi connectivity index (χ1) is 14.1. The van der Waals surface area contributed by atoms with Gasteiger partial charge in [-0.3, -0.25) is 9.59 Å². The summed E-state index contributed by atoms with van der Waals surface area (Å²) < 4.78 is 10.4. The fraction of sp³-hybridized carbons (Fsp3) is 0.591. The molecule has 0 aliphatic carbocycles. The van der Waals surface area contributed by atoms with Crippen molar-refractivity contribution in [3.8, 4) is 5.75 Å². The molecule has 8 heteroatoms. The van der Waals surface area contributed by atoms with Gasteiger partial charge < -0.3 is 24.4 Å². The van der Waals surface area contributed by atoms with Gasteiger partial charge in [-0.05, 0) is 29.0 Å². The van der Waals surface area contributed by atoms with Gasteiger partial charge in [0.2, 0.25) is 5.91 Å². The van der Waals surface area contributed by atoms with Crippen molar-refractivity contribution in [1.82, 2.24) is 9.80 Å². The van der Waals surface area contributed by atoms with Crippen molar-refractivity contribution in [2.45, 2.75) is 39.5 Å². The Morgan fingerprint density at radius 1 is 1.13 bits per heavy atom. The molecule has 0 aromatic heterocycles. The number of nitrogens with zero attached hydrogens (tertiary/aromatic N) is 2. The summed E-state index contributed by atoms with van der Waals surface area (Å²) in [5, 5.41) is 10.5. The molecular formula is C22H32N2O6. The van der Waals surface area contributed by atoms with Gasteiger partial charge in [-0.25, -0.2) is 4.79 Å². The van der Waals surface area contributed by atoms with Crippen molar-refractivity contribution in [1.29, 1.82) is 0 Å². The molecule has 1 heterocycles. The fourth-order valence-electron chi connectivity index (χ4n) is 3.13. The highest BCUT2D eigenvalue weighted by molar-refractivity contribution is 5.95. The van der Waals surface area contributed by atoms with Crippen LogP contribution in [0, 0.1) is 0 Å². The molecule has 0 atom stereocenters. The van der Waals surface area contributed by atoms with Gasteiger partial charge in [-0.1, -0.05) is 33.8 Å². The van der Waals surface area contributed by atoms with Crippen LogP contribution in [0.2, 0.25) is 0 Å². The molecule has 0 saturated carbocycles.